The average molecular weight is 403 g/mol. The van der Waals surface area contributed by atoms with Crippen LogP contribution in [0.2, 0.25) is 0 Å². The van der Waals surface area contributed by atoms with E-state index in [-0.39, 0.29) is 0 Å². The van der Waals surface area contributed by atoms with Crippen molar-refractivity contribution in [2.24, 2.45) is 5.92 Å². The summed E-state index contributed by atoms with van der Waals surface area (Å²) in [6.07, 6.45) is 1.40. The van der Waals surface area contributed by atoms with E-state index in [1.165, 1.54) is 0 Å². The van der Waals surface area contributed by atoms with Gasteiger partial charge in [0.15, 0.2) is 0 Å². The highest BCUT2D eigenvalue weighted by molar-refractivity contribution is 9.11. The largest absolute Gasteiger partial charge is 0.388 e. The normalized spacial score (nSPS) is 12.9. The third kappa shape index (κ3) is 4.14. The second-order valence-corrected chi connectivity index (χ2v) is 7.01. The summed E-state index contributed by atoms with van der Waals surface area (Å²) in [5.41, 5.74) is 0.852. The Bertz CT molecular complexity index is 563. The Morgan fingerprint density at radius 2 is 1.85 bits per heavy atom. The summed E-state index contributed by atoms with van der Waals surface area (Å²) >= 11 is 6.86. The van der Waals surface area contributed by atoms with Gasteiger partial charge < -0.3 is 5.11 Å². The Balaban J connectivity index is 2.15. The Morgan fingerprint density at radius 3 is 2.45 bits per heavy atom. The van der Waals surface area contributed by atoms with Crippen molar-refractivity contribution < 1.29 is 5.11 Å². The Kier molecular flexibility index (Phi) is 5.35. The number of aliphatic hydroxyl groups excluding tert-OH is 1. The van der Waals surface area contributed by atoms with Crippen LogP contribution < -0.4 is 0 Å². The zero-order valence-electron chi connectivity index (χ0n) is 11.4. The lowest BCUT2D eigenvalue weighted by Crippen LogP contribution is -2.13. The summed E-state index contributed by atoms with van der Waals surface area (Å²) in [5, 5.41) is 14.6. The molecule has 0 aliphatic carbocycles. The topological polar surface area (TPSA) is 50.9 Å². The maximum absolute atomic E-state index is 10.4. The first-order valence-corrected chi connectivity index (χ1v) is 8.05. The number of halogens is 2. The molecule has 1 aromatic carbocycles. The lowest BCUT2D eigenvalue weighted by molar-refractivity contribution is 0.173. The SMILES string of the molecule is CC(C)Cn1ncnc1CC(O)c1cc(Br)cc(Br)c1. The molecule has 0 bridgehead atoms. The average Bonchev–Trinajstić information content (AvgIpc) is 2.74. The van der Waals surface area contributed by atoms with Crippen LogP contribution in [0.4, 0.5) is 0 Å². The number of hydrogen-bond acceptors (Lipinski definition) is 3. The van der Waals surface area contributed by atoms with Gasteiger partial charge in [0.1, 0.15) is 12.2 Å². The lowest BCUT2D eigenvalue weighted by Gasteiger charge is -2.13. The Labute approximate surface area is 135 Å². The van der Waals surface area contributed by atoms with Crippen LogP contribution in [0, 0.1) is 5.92 Å². The minimum absolute atomic E-state index is 0.454. The van der Waals surface area contributed by atoms with Crippen molar-refractivity contribution in [2.45, 2.75) is 32.9 Å². The van der Waals surface area contributed by atoms with E-state index < -0.39 is 6.10 Å². The Morgan fingerprint density at radius 1 is 1.20 bits per heavy atom. The van der Waals surface area contributed by atoms with Crippen LogP contribution >= 0.6 is 31.9 Å². The molecule has 2 rings (SSSR count). The smallest absolute Gasteiger partial charge is 0.138 e. The van der Waals surface area contributed by atoms with E-state index in [9.17, 15) is 5.11 Å². The highest BCUT2D eigenvalue weighted by atomic mass is 79.9. The molecule has 0 saturated carbocycles. The van der Waals surface area contributed by atoms with Gasteiger partial charge in [-0.15, -0.1) is 0 Å². The molecular weight excluding hydrogens is 386 g/mol. The van der Waals surface area contributed by atoms with Crippen LogP contribution in [0.25, 0.3) is 0 Å². The molecule has 0 saturated heterocycles. The van der Waals surface area contributed by atoms with E-state index in [1.54, 1.807) is 6.33 Å². The van der Waals surface area contributed by atoms with Crippen LogP contribution in [0.1, 0.15) is 31.3 Å². The van der Waals surface area contributed by atoms with Gasteiger partial charge in [0.25, 0.3) is 0 Å². The predicted molar refractivity (Wildman–Crippen MR) is 85.4 cm³/mol. The first-order chi connectivity index (χ1) is 9.45. The summed E-state index contributed by atoms with van der Waals surface area (Å²) in [7, 11) is 0. The van der Waals surface area contributed by atoms with Crippen LogP contribution in [0.15, 0.2) is 33.5 Å². The summed E-state index contributed by atoms with van der Waals surface area (Å²) in [6, 6.07) is 5.77. The summed E-state index contributed by atoms with van der Waals surface area (Å²) in [4.78, 5) is 4.25. The molecule has 108 valence electrons. The highest BCUT2D eigenvalue weighted by Crippen LogP contribution is 2.25. The van der Waals surface area contributed by atoms with Crippen molar-refractivity contribution in [3.8, 4) is 0 Å². The van der Waals surface area contributed by atoms with Gasteiger partial charge >= 0.3 is 0 Å². The molecule has 1 unspecified atom stereocenters. The number of aliphatic hydroxyl groups is 1. The fourth-order valence-corrected chi connectivity index (χ4v) is 3.33. The number of nitrogens with zero attached hydrogens (tertiary/aromatic N) is 3. The summed E-state index contributed by atoms with van der Waals surface area (Å²) in [5.74, 6) is 1.30. The standard InChI is InChI=1S/C14H17Br2N3O/c1-9(2)7-19-14(17-8-18-19)6-13(20)10-3-11(15)5-12(16)4-10/h3-5,8-9,13,20H,6-7H2,1-2H3. The van der Waals surface area contributed by atoms with Crippen molar-refractivity contribution >= 4 is 31.9 Å². The van der Waals surface area contributed by atoms with Crippen LogP contribution in [0.3, 0.4) is 0 Å². The third-order valence-corrected chi connectivity index (χ3v) is 3.80. The molecule has 0 spiro atoms. The zero-order valence-corrected chi connectivity index (χ0v) is 14.6. The van der Waals surface area contributed by atoms with E-state index in [4.69, 9.17) is 0 Å². The van der Waals surface area contributed by atoms with Gasteiger partial charge in [-0.05, 0) is 29.7 Å². The van der Waals surface area contributed by atoms with Crippen molar-refractivity contribution in [3.63, 3.8) is 0 Å². The van der Waals surface area contributed by atoms with E-state index >= 15 is 0 Å². The fraction of sp³-hybridized carbons (Fsp3) is 0.429. The molecule has 0 fully saturated rings. The third-order valence-electron chi connectivity index (χ3n) is 2.88. The second kappa shape index (κ2) is 6.83. The highest BCUT2D eigenvalue weighted by Gasteiger charge is 2.15. The fourth-order valence-electron chi connectivity index (χ4n) is 2.00. The molecule has 1 atom stereocenters. The van der Waals surface area contributed by atoms with Crippen molar-refractivity contribution in [2.75, 3.05) is 0 Å². The molecule has 0 aliphatic heterocycles. The number of aromatic nitrogens is 3. The number of hydrogen-bond donors (Lipinski definition) is 1. The maximum atomic E-state index is 10.4. The van der Waals surface area contributed by atoms with Crippen LogP contribution in [-0.2, 0) is 13.0 Å². The molecule has 2 aromatic rings. The molecule has 1 N–H and O–H groups in total. The number of benzene rings is 1. The van der Waals surface area contributed by atoms with E-state index in [0.717, 1.165) is 26.9 Å². The van der Waals surface area contributed by atoms with Crippen molar-refractivity contribution in [1.82, 2.24) is 14.8 Å². The monoisotopic (exact) mass is 401 g/mol. The van der Waals surface area contributed by atoms with Gasteiger partial charge in [0.2, 0.25) is 0 Å². The minimum atomic E-state index is -0.598. The van der Waals surface area contributed by atoms with Gasteiger partial charge in [0, 0.05) is 21.9 Å². The van der Waals surface area contributed by atoms with Gasteiger partial charge in [-0.25, -0.2) is 9.67 Å². The van der Waals surface area contributed by atoms with E-state index in [2.05, 4.69) is 55.8 Å². The number of rotatable bonds is 5. The molecule has 1 heterocycles. The van der Waals surface area contributed by atoms with Crippen molar-refractivity contribution in [1.29, 1.82) is 0 Å². The van der Waals surface area contributed by atoms with Gasteiger partial charge in [0.05, 0.1) is 6.10 Å². The van der Waals surface area contributed by atoms with Gasteiger partial charge in [-0.3, -0.25) is 0 Å². The molecule has 6 heteroatoms. The molecular formula is C14H17Br2N3O. The minimum Gasteiger partial charge on any atom is -0.388 e. The summed E-state index contributed by atoms with van der Waals surface area (Å²) < 4.78 is 3.73. The maximum Gasteiger partial charge on any atom is 0.138 e. The quantitative estimate of drug-likeness (QED) is 0.828. The summed E-state index contributed by atoms with van der Waals surface area (Å²) in [6.45, 7) is 5.07. The molecule has 0 aliphatic rings. The van der Waals surface area contributed by atoms with Gasteiger partial charge in [-0.2, -0.15) is 5.10 Å². The van der Waals surface area contributed by atoms with Crippen LogP contribution in [0.5, 0.6) is 0 Å². The molecule has 4 nitrogen and oxygen atoms in total. The molecule has 20 heavy (non-hydrogen) atoms. The second-order valence-electron chi connectivity index (χ2n) is 5.17. The van der Waals surface area contributed by atoms with Crippen molar-refractivity contribution in [3.05, 3.63) is 44.9 Å². The first-order valence-electron chi connectivity index (χ1n) is 6.46. The van der Waals surface area contributed by atoms with E-state index in [1.807, 2.05) is 22.9 Å². The van der Waals surface area contributed by atoms with E-state index in [0.29, 0.717) is 12.3 Å². The zero-order chi connectivity index (χ0) is 14.7. The lowest BCUT2D eigenvalue weighted by atomic mass is 10.1. The predicted octanol–water partition coefficient (Wildman–Crippen LogP) is 3.74. The Hall–Kier alpha value is -0.720. The van der Waals surface area contributed by atoms with Crippen LogP contribution in [-0.4, -0.2) is 19.9 Å². The molecule has 0 amide bonds. The first kappa shape index (κ1) is 15.7. The molecule has 0 radical (unpaired) electrons. The van der Waals surface area contributed by atoms with Gasteiger partial charge in [-0.1, -0.05) is 45.7 Å². The molecule has 1 aromatic heterocycles.